The van der Waals surface area contributed by atoms with Gasteiger partial charge in [0.25, 0.3) is 5.56 Å². The van der Waals surface area contributed by atoms with Gasteiger partial charge in [-0.25, -0.2) is 4.98 Å². The number of hydrogen-bond donors (Lipinski definition) is 1. The molecule has 3 rings (SSSR count). The van der Waals surface area contributed by atoms with Gasteiger partial charge in [-0.3, -0.25) is 9.59 Å². The minimum absolute atomic E-state index is 0.0148. The Labute approximate surface area is 149 Å². The van der Waals surface area contributed by atoms with Crippen molar-refractivity contribution in [2.75, 3.05) is 5.75 Å². The van der Waals surface area contributed by atoms with Crippen molar-refractivity contribution in [1.29, 1.82) is 5.26 Å². The van der Waals surface area contributed by atoms with Crippen molar-refractivity contribution in [2.24, 2.45) is 0 Å². The first-order chi connectivity index (χ1) is 12.2. The summed E-state index contributed by atoms with van der Waals surface area (Å²) in [5, 5.41) is 9.54. The SMILES string of the molecule is N#Cc1c(-c2ccccc2)nc(SCC(=O)OC2CCCC2)[nH]c1=O. The molecule has 0 bridgehead atoms. The van der Waals surface area contributed by atoms with E-state index >= 15 is 0 Å². The number of ether oxygens (including phenoxy) is 1. The third-order valence-corrected chi connectivity index (χ3v) is 4.83. The number of carbonyl (C=O) groups is 1. The first kappa shape index (κ1) is 17.2. The maximum Gasteiger partial charge on any atom is 0.316 e. The number of rotatable bonds is 5. The topological polar surface area (TPSA) is 95.8 Å². The summed E-state index contributed by atoms with van der Waals surface area (Å²) in [4.78, 5) is 31.0. The fourth-order valence-electron chi connectivity index (χ4n) is 2.78. The van der Waals surface area contributed by atoms with E-state index in [0.717, 1.165) is 37.4 Å². The molecule has 1 saturated carbocycles. The van der Waals surface area contributed by atoms with Crippen LogP contribution < -0.4 is 5.56 Å². The molecule has 1 aromatic carbocycles. The Morgan fingerprint density at radius 2 is 2.04 bits per heavy atom. The number of esters is 1. The second-order valence-corrected chi connectivity index (χ2v) is 6.72. The summed E-state index contributed by atoms with van der Waals surface area (Å²) in [7, 11) is 0. The van der Waals surface area contributed by atoms with Gasteiger partial charge in [-0.05, 0) is 25.7 Å². The molecule has 1 heterocycles. The Balaban J connectivity index is 1.76. The molecule has 0 amide bonds. The molecule has 0 spiro atoms. The number of benzene rings is 1. The number of thioether (sulfide) groups is 1. The van der Waals surface area contributed by atoms with Crippen LogP contribution in [0, 0.1) is 11.3 Å². The fraction of sp³-hybridized carbons (Fsp3) is 0.333. The maximum absolute atomic E-state index is 12.1. The van der Waals surface area contributed by atoms with E-state index < -0.39 is 5.56 Å². The molecule has 0 aliphatic heterocycles. The highest BCUT2D eigenvalue weighted by atomic mass is 32.2. The van der Waals surface area contributed by atoms with Crippen LogP contribution >= 0.6 is 11.8 Å². The number of carbonyl (C=O) groups excluding carboxylic acids is 1. The van der Waals surface area contributed by atoms with Gasteiger partial charge in [0.2, 0.25) is 0 Å². The summed E-state index contributed by atoms with van der Waals surface area (Å²) < 4.78 is 5.39. The van der Waals surface area contributed by atoms with Crippen molar-refractivity contribution < 1.29 is 9.53 Å². The van der Waals surface area contributed by atoms with Gasteiger partial charge in [-0.1, -0.05) is 42.1 Å². The predicted octanol–water partition coefficient (Wildman–Crippen LogP) is 2.89. The summed E-state index contributed by atoms with van der Waals surface area (Å²) in [6, 6.07) is 10.9. The molecule has 1 aliphatic carbocycles. The Kier molecular flexibility index (Phi) is 5.51. The van der Waals surface area contributed by atoms with E-state index in [1.807, 2.05) is 24.3 Å². The van der Waals surface area contributed by atoms with Crippen molar-refractivity contribution in [2.45, 2.75) is 36.9 Å². The zero-order valence-electron chi connectivity index (χ0n) is 13.5. The predicted molar refractivity (Wildman–Crippen MR) is 94.1 cm³/mol. The largest absolute Gasteiger partial charge is 0.462 e. The van der Waals surface area contributed by atoms with Gasteiger partial charge in [0.1, 0.15) is 17.7 Å². The molecule has 1 N–H and O–H groups in total. The summed E-state index contributed by atoms with van der Waals surface area (Å²) in [6.45, 7) is 0. The number of H-pyrrole nitrogens is 1. The van der Waals surface area contributed by atoms with Crippen molar-refractivity contribution in [3.8, 4) is 17.3 Å². The number of aromatic amines is 1. The highest BCUT2D eigenvalue weighted by Crippen LogP contribution is 2.24. The summed E-state index contributed by atoms with van der Waals surface area (Å²) >= 11 is 1.10. The number of nitrogens with one attached hydrogen (secondary N) is 1. The van der Waals surface area contributed by atoms with Crippen molar-refractivity contribution in [1.82, 2.24) is 9.97 Å². The molecule has 0 radical (unpaired) electrons. The molecule has 1 aliphatic rings. The number of nitrogens with zero attached hydrogens (tertiary/aromatic N) is 2. The average molecular weight is 355 g/mol. The molecule has 1 aromatic heterocycles. The third kappa shape index (κ3) is 4.28. The van der Waals surface area contributed by atoms with Crippen LogP contribution in [0.15, 0.2) is 40.3 Å². The molecule has 6 nitrogen and oxygen atoms in total. The second kappa shape index (κ2) is 7.99. The summed E-state index contributed by atoms with van der Waals surface area (Å²) in [5.74, 6) is -0.246. The van der Waals surface area contributed by atoms with Crippen LogP contribution in [0.5, 0.6) is 0 Å². The lowest BCUT2D eigenvalue weighted by Gasteiger charge is -2.11. The molecule has 7 heteroatoms. The smallest absolute Gasteiger partial charge is 0.316 e. The van der Waals surface area contributed by atoms with Gasteiger partial charge in [-0.15, -0.1) is 0 Å². The lowest BCUT2D eigenvalue weighted by molar-refractivity contribution is -0.145. The summed E-state index contributed by atoms with van der Waals surface area (Å²) in [6.07, 6.45) is 4.04. The maximum atomic E-state index is 12.1. The fourth-order valence-corrected chi connectivity index (χ4v) is 3.43. The van der Waals surface area contributed by atoms with Crippen LogP contribution in [0.3, 0.4) is 0 Å². The van der Waals surface area contributed by atoms with Crippen molar-refractivity contribution in [3.05, 3.63) is 46.2 Å². The standard InChI is InChI=1S/C18H17N3O3S/c19-10-14-16(12-6-2-1-3-7-12)20-18(21-17(14)23)25-11-15(22)24-13-8-4-5-9-13/h1-3,6-7,13H,4-5,8-9,11H2,(H,20,21,23). The minimum Gasteiger partial charge on any atom is -0.462 e. The van der Waals surface area contributed by atoms with Gasteiger partial charge in [-0.2, -0.15) is 5.26 Å². The molecule has 0 unspecified atom stereocenters. The number of nitriles is 1. The Hall–Kier alpha value is -2.59. The van der Waals surface area contributed by atoms with Gasteiger partial charge >= 0.3 is 5.97 Å². The molecule has 25 heavy (non-hydrogen) atoms. The number of aromatic nitrogens is 2. The quantitative estimate of drug-likeness (QED) is 0.503. The molecule has 1 fully saturated rings. The van der Waals surface area contributed by atoms with Crippen LogP contribution in [0.2, 0.25) is 0 Å². The van der Waals surface area contributed by atoms with E-state index in [9.17, 15) is 14.9 Å². The van der Waals surface area contributed by atoms with Gasteiger partial charge in [0, 0.05) is 5.56 Å². The minimum atomic E-state index is -0.511. The third-order valence-electron chi connectivity index (χ3n) is 3.98. The Bertz CT molecular complexity index is 852. The highest BCUT2D eigenvalue weighted by Gasteiger charge is 2.20. The van der Waals surface area contributed by atoms with E-state index in [1.54, 1.807) is 12.1 Å². The normalized spacial score (nSPS) is 14.2. The van der Waals surface area contributed by atoms with E-state index in [2.05, 4.69) is 9.97 Å². The van der Waals surface area contributed by atoms with Crippen LogP contribution in [0.25, 0.3) is 11.3 Å². The molecule has 0 saturated heterocycles. The van der Waals surface area contributed by atoms with E-state index in [-0.39, 0.29) is 23.4 Å². The zero-order valence-corrected chi connectivity index (χ0v) is 14.3. The molecular formula is C18H17N3O3S. The van der Waals surface area contributed by atoms with Crippen LogP contribution in [0.1, 0.15) is 31.2 Å². The van der Waals surface area contributed by atoms with E-state index in [4.69, 9.17) is 4.74 Å². The van der Waals surface area contributed by atoms with Crippen molar-refractivity contribution in [3.63, 3.8) is 0 Å². The van der Waals surface area contributed by atoms with Crippen LogP contribution in [-0.4, -0.2) is 27.8 Å². The molecule has 2 aromatic rings. The molecule has 0 atom stereocenters. The van der Waals surface area contributed by atoms with E-state index in [1.165, 1.54) is 0 Å². The van der Waals surface area contributed by atoms with Crippen molar-refractivity contribution >= 4 is 17.7 Å². The zero-order chi connectivity index (χ0) is 17.6. The lowest BCUT2D eigenvalue weighted by atomic mass is 10.1. The van der Waals surface area contributed by atoms with Gasteiger partial charge in [0.15, 0.2) is 5.16 Å². The first-order valence-electron chi connectivity index (χ1n) is 8.09. The van der Waals surface area contributed by atoms with Gasteiger partial charge in [0.05, 0.1) is 11.4 Å². The lowest BCUT2D eigenvalue weighted by Crippen LogP contribution is -2.18. The van der Waals surface area contributed by atoms with Gasteiger partial charge < -0.3 is 9.72 Å². The monoisotopic (exact) mass is 355 g/mol. The second-order valence-electron chi connectivity index (χ2n) is 5.76. The molecular weight excluding hydrogens is 338 g/mol. The Morgan fingerprint density at radius 1 is 1.32 bits per heavy atom. The van der Waals surface area contributed by atoms with E-state index in [0.29, 0.717) is 16.4 Å². The Morgan fingerprint density at radius 3 is 2.72 bits per heavy atom. The van der Waals surface area contributed by atoms with Crippen LogP contribution in [0.4, 0.5) is 0 Å². The highest BCUT2D eigenvalue weighted by molar-refractivity contribution is 7.99. The molecule has 128 valence electrons. The summed E-state index contributed by atoms with van der Waals surface area (Å²) in [5.41, 5.74) is 0.450. The first-order valence-corrected chi connectivity index (χ1v) is 9.08. The number of hydrogen-bond acceptors (Lipinski definition) is 6. The van der Waals surface area contributed by atoms with Crippen LogP contribution in [-0.2, 0) is 9.53 Å². The average Bonchev–Trinajstić information content (AvgIpc) is 3.13.